The van der Waals surface area contributed by atoms with Gasteiger partial charge in [-0.2, -0.15) is 15.0 Å². The van der Waals surface area contributed by atoms with Crippen molar-refractivity contribution >= 4 is 200 Å². The molecule has 4 saturated heterocycles. The van der Waals surface area contributed by atoms with Gasteiger partial charge in [0.1, 0.15) is 22.1 Å². The van der Waals surface area contributed by atoms with E-state index in [1.165, 1.54) is 17.2 Å². The number of aromatic amines is 2. The van der Waals surface area contributed by atoms with Crippen molar-refractivity contribution in [3.05, 3.63) is 154 Å². The maximum absolute atomic E-state index is 11.8. The van der Waals surface area contributed by atoms with E-state index in [9.17, 15) is 9.59 Å². The number of nitrogens with zero attached hydrogens (tertiary/aromatic N) is 19. The Morgan fingerprint density at radius 1 is 0.470 bits per heavy atom. The summed E-state index contributed by atoms with van der Waals surface area (Å²) in [5.41, 5.74) is 14.0. The van der Waals surface area contributed by atoms with Crippen LogP contribution >= 0.6 is 34.8 Å². The monoisotopic (exact) mass is 1640 g/mol. The molecule has 2 aromatic carbocycles. The number of fused-ring (bicyclic) bond motifs is 14. The van der Waals surface area contributed by atoms with Crippen molar-refractivity contribution < 1.29 is 57.7 Å². The number of ether oxygens (including phenoxy) is 4. The minimum absolute atomic E-state index is 0. The third-order valence-corrected chi connectivity index (χ3v) is 20.2. The standard InChI is InChI=1S/C24H24N6O2.C18H18ClN5O3.C16H18ClN5O2.C14H11ClN4O3.C8H8BNO2.H2/c1-29(2)14-15-12-18-20-21(32-24(18)26-13-15)23(30-8-10-31-11-9-30)28-22(27-20)17-4-3-5-19-16(17)6-7-25-19;1-23(2)13(25)4-3-11-9-12-14-15(27-17(12)20-10-11)16(22-18(19)21-14)24-5-7-26-8-6-24;1-21(2)9-10-7-11-12-13(24-15(11)18-8-10)14(20-16(17)19-12)22-3-5-23-6-4-22;15-14-17-10-9-5-8(7-20)6-16-13(9)22-11(10)12(18-14)19-1-3-21-4-2-19;11-9(12)7-2-1-3-8-6(7)4-5-10-8;/h3-7,12-13,25H,8-11,14H2,1-2H3;3-4,9-10H,5-8H2,1-2H3;7-8H,3-6,9H2,1-2H3;5-7H,1-4H2;1-5,10-12H;1H/b;4-3+;;;;. The van der Waals surface area contributed by atoms with Crippen LogP contribution in [-0.2, 0) is 36.8 Å². The van der Waals surface area contributed by atoms with Crippen LogP contribution in [0.1, 0.15) is 28.5 Å². The van der Waals surface area contributed by atoms with E-state index in [2.05, 4.69) is 115 Å². The van der Waals surface area contributed by atoms with Crippen molar-refractivity contribution in [3.8, 4) is 11.4 Å². The Kier molecular flexibility index (Phi) is 23.7. The Morgan fingerprint density at radius 2 is 0.846 bits per heavy atom. The number of H-pyrrole nitrogens is 2. The number of rotatable bonds is 13. The van der Waals surface area contributed by atoms with Gasteiger partial charge in [0.05, 0.1) is 74.4 Å². The summed E-state index contributed by atoms with van der Waals surface area (Å²) >= 11 is 18.4. The lowest BCUT2D eigenvalue weighted by molar-refractivity contribution is -0.123. The molecule has 602 valence electrons. The molecular formula is C80H81BCl3N21O12. The number of aldehydes is 1. The van der Waals surface area contributed by atoms with Gasteiger partial charge in [-0.3, -0.25) is 9.59 Å². The Labute approximate surface area is 683 Å². The zero-order chi connectivity index (χ0) is 81.0. The molecule has 117 heavy (non-hydrogen) atoms. The van der Waals surface area contributed by atoms with Gasteiger partial charge in [0.15, 0.2) is 57.7 Å². The number of carbonyl (C=O) groups excluding carboxylic acids is 2. The molecule has 0 spiro atoms. The van der Waals surface area contributed by atoms with Crippen LogP contribution in [0.5, 0.6) is 0 Å². The van der Waals surface area contributed by atoms with Crippen LogP contribution in [-0.4, -0.2) is 261 Å². The number of halogens is 3. The summed E-state index contributed by atoms with van der Waals surface area (Å²) in [5, 5.41) is 23.6. The first-order chi connectivity index (χ1) is 56.9. The number of aromatic nitrogens is 14. The number of benzene rings is 2. The average Bonchev–Trinajstić information content (AvgIpc) is 1.71. The van der Waals surface area contributed by atoms with Gasteiger partial charge in [0.25, 0.3) is 0 Å². The molecule has 4 aliphatic heterocycles. The van der Waals surface area contributed by atoms with Gasteiger partial charge in [-0.1, -0.05) is 24.3 Å². The highest BCUT2D eigenvalue weighted by Gasteiger charge is 2.29. The van der Waals surface area contributed by atoms with Crippen molar-refractivity contribution in [2.75, 3.05) is 167 Å². The molecule has 20 rings (SSSR count). The van der Waals surface area contributed by atoms with E-state index in [0.29, 0.717) is 180 Å². The zero-order valence-corrected chi connectivity index (χ0v) is 66.8. The molecule has 16 aromatic rings. The number of nitrogens with one attached hydrogen (secondary N) is 2. The summed E-state index contributed by atoms with van der Waals surface area (Å²) in [7, 11) is 10.1. The summed E-state index contributed by atoms with van der Waals surface area (Å²) in [6, 6.07) is 23.2. The number of amides is 1. The lowest BCUT2D eigenvalue weighted by Gasteiger charge is -2.27. The van der Waals surface area contributed by atoms with Crippen LogP contribution in [0.25, 0.3) is 128 Å². The number of hydrogen-bond donors (Lipinski definition) is 4. The van der Waals surface area contributed by atoms with Crippen LogP contribution in [0.4, 0.5) is 23.3 Å². The molecular weight excluding hydrogens is 1560 g/mol. The highest BCUT2D eigenvalue weighted by Crippen LogP contribution is 2.40. The second-order valence-corrected chi connectivity index (χ2v) is 29.5. The predicted octanol–water partition coefficient (Wildman–Crippen LogP) is 10.7. The predicted molar refractivity (Wildman–Crippen MR) is 451 cm³/mol. The Hall–Kier alpha value is -11.7. The number of carbonyl (C=O) groups is 2. The van der Waals surface area contributed by atoms with Gasteiger partial charge >= 0.3 is 7.12 Å². The number of likely N-dealkylation sites (N-methyl/N-ethyl adjacent to an activating group) is 1. The quantitative estimate of drug-likeness (QED) is 0.0360. The SMILES string of the molecule is CN(C)C(=O)/C=C/c1cnc2oc3c(N4CCOCC4)nc(Cl)nc3c2c1.CN(C)Cc1cnc2oc3c(N4CCOCC4)nc(-c4cccc5[nH]ccc45)nc3c2c1.CN(C)Cc1cnc2oc3c(N4CCOCC4)nc(Cl)nc3c2c1.O=Cc1cnc2oc3c(N4CCOCC4)nc(Cl)nc3c2c1.OB(O)c1cccc2[nH]ccc12.[HH]. The highest BCUT2D eigenvalue weighted by atomic mass is 35.5. The molecule has 0 saturated carbocycles. The largest absolute Gasteiger partial charge is 0.489 e. The first kappa shape index (κ1) is 79.2. The third-order valence-electron chi connectivity index (χ3n) is 19.7. The number of furan rings is 4. The normalized spacial score (nSPS) is 14.8. The number of pyridine rings is 4. The fourth-order valence-electron chi connectivity index (χ4n) is 14.2. The maximum Gasteiger partial charge on any atom is 0.489 e. The second kappa shape index (κ2) is 35.0. The molecule has 18 heterocycles. The van der Waals surface area contributed by atoms with Crippen LogP contribution in [0.15, 0.2) is 134 Å². The molecule has 0 bridgehead atoms. The molecule has 14 aromatic heterocycles. The first-order valence-corrected chi connectivity index (χ1v) is 38.8. The number of hydrogen-bond acceptors (Lipinski definition) is 30. The molecule has 0 radical (unpaired) electrons. The third kappa shape index (κ3) is 17.3. The van der Waals surface area contributed by atoms with E-state index in [0.717, 1.165) is 117 Å². The second-order valence-electron chi connectivity index (χ2n) is 28.5. The van der Waals surface area contributed by atoms with Crippen molar-refractivity contribution in [2.45, 2.75) is 13.1 Å². The Balaban J connectivity index is 0.000000118. The van der Waals surface area contributed by atoms with Crippen LogP contribution in [0, 0.1) is 0 Å². The van der Waals surface area contributed by atoms with Gasteiger partial charge in [0.2, 0.25) is 44.6 Å². The van der Waals surface area contributed by atoms with E-state index < -0.39 is 7.12 Å². The minimum Gasteiger partial charge on any atom is -0.432 e. The fourth-order valence-corrected chi connectivity index (χ4v) is 14.7. The van der Waals surface area contributed by atoms with Crippen molar-refractivity contribution in [2.24, 2.45) is 0 Å². The van der Waals surface area contributed by atoms with Gasteiger partial charge in [0, 0.05) is 152 Å². The van der Waals surface area contributed by atoms with E-state index >= 15 is 0 Å². The van der Waals surface area contributed by atoms with E-state index in [4.69, 9.17) is 91.4 Å². The smallest absolute Gasteiger partial charge is 0.432 e. The molecule has 37 heteroatoms. The number of anilines is 4. The lowest BCUT2D eigenvalue weighted by atomic mass is 9.78. The van der Waals surface area contributed by atoms with E-state index in [1.807, 2.05) is 75.9 Å². The average molecular weight is 1650 g/mol. The van der Waals surface area contributed by atoms with Gasteiger partial charge in [-0.15, -0.1) is 0 Å². The summed E-state index contributed by atoms with van der Waals surface area (Å²) in [6.07, 6.45) is 14.5. The molecule has 0 atom stereocenters. The molecule has 4 fully saturated rings. The van der Waals surface area contributed by atoms with Crippen LogP contribution < -0.4 is 25.1 Å². The molecule has 0 unspecified atom stereocenters. The van der Waals surface area contributed by atoms with Crippen molar-refractivity contribution in [1.29, 1.82) is 0 Å². The minimum atomic E-state index is -1.40. The van der Waals surface area contributed by atoms with Crippen LogP contribution in [0.3, 0.4) is 0 Å². The van der Waals surface area contributed by atoms with Crippen molar-refractivity contribution in [3.63, 3.8) is 0 Å². The summed E-state index contributed by atoms with van der Waals surface area (Å²) in [5.74, 6) is 3.36. The van der Waals surface area contributed by atoms with Gasteiger partial charge < -0.3 is 90.9 Å². The Bertz CT molecular complexity index is 6360. The highest BCUT2D eigenvalue weighted by molar-refractivity contribution is 6.62. The fraction of sp³-hybridized carbons (Fsp3) is 0.300. The molecule has 33 nitrogen and oxygen atoms in total. The van der Waals surface area contributed by atoms with Gasteiger partial charge in [-0.25, -0.2) is 44.9 Å². The van der Waals surface area contributed by atoms with Gasteiger partial charge in [-0.05, 0) is 145 Å². The van der Waals surface area contributed by atoms with E-state index in [1.54, 1.807) is 50.8 Å². The van der Waals surface area contributed by atoms with Crippen molar-refractivity contribution in [1.82, 2.24) is 84.5 Å². The molecule has 4 N–H and O–H groups in total. The van der Waals surface area contributed by atoms with E-state index in [-0.39, 0.29) is 23.2 Å². The topological polar surface area (TPSA) is 373 Å². The lowest BCUT2D eigenvalue weighted by Crippen LogP contribution is -2.37. The molecule has 0 aliphatic carbocycles. The summed E-state index contributed by atoms with van der Waals surface area (Å²) in [6.45, 7) is 12.6. The first-order valence-electron chi connectivity index (χ1n) is 37.7. The summed E-state index contributed by atoms with van der Waals surface area (Å²) in [4.78, 5) is 96.7. The molecule has 4 aliphatic rings. The van der Waals surface area contributed by atoms with Crippen LogP contribution in [0.2, 0.25) is 15.9 Å². The summed E-state index contributed by atoms with van der Waals surface area (Å²) < 4.78 is 45.6. The number of morpholine rings is 4. The molecule has 1 amide bonds. The maximum atomic E-state index is 11.8. The zero-order valence-electron chi connectivity index (χ0n) is 64.5. The Morgan fingerprint density at radius 3 is 1.26 bits per heavy atom.